The number of nitrogens with one attached hydrogen (secondary N) is 2. The third-order valence-corrected chi connectivity index (χ3v) is 3.62. The van der Waals surface area contributed by atoms with Gasteiger partial charge in [-0.3, -0.25) is 4.90 Å². The van der Waals surface area contributed by atoms with E-state index in [1.54, 1.807) is 4.90 Å². The summed E-state index contributed by atoms with van der Waals surface area (Å²) in [7, 11) is 1.37. The van der Waals surface area contributed by atoms with Gasteiger partial charge in [-0.15, -0.1) is 0 Å². The van der Waals surface area contributed by atoms with E-state index in [4.69, 9.17) is 0 Å². The van der Waals surface area contributed by atoms with E-state index in [0.717, 1.165) is 13.1 Å². The van der Waals surface area contributed by atoms with E-state index in [9.17, 15) is 14.0 Å². The molecule has 0 radical (unpaired) electrons. The minimum absolute atomic E-state index is 0.304. The number of nitrogens with zero attached hydrogens (tertiary/aromatic N) is 2. The summed E-state index contributed by atoms with van der Waals surface area (Å²) in [6.07, 6.45) is -0.304. The number of hydrogen-bond donors (Lipinski definition) is 2. The molecule has 23 heavy (non-hydrogen) atoms. The number of methoxy groups -OCH3 is 1. The van der Waals surface area contributed by atoms with E-state index in [1.807, 2.05) is 0 Å². The number of hydrogen-bond acceptors (Lipinski definition) is 4. The minimum atomic E-state index is -0.345. The average Bonchev–Trinajstić information content (AvgIpc) is 2.57. The summed E-state index contributed by atoms with van der Waals surface area (Å²) < 4.78 is 17.4. The fourth-order valence-corrected chi connectivity index (χ4v) is 2.32. The first kappa shape index (κ1) is 17.0. The van der Waals surface area contributed by atoms with Crippen LogP contribution in [0.5, 0.6) is 0 Å². The molecule has 0 aromatic heterocycles. The van der Waals surface area contributed by atoms with Gasteiger partial charge in [-0.2, -0.15) is 0 Å². The van der Waals surface area contributed by atoms with Crippen molar-refractivity contribution in [1.82, 2.24) is 15.1 Å². The maximum atomic E-state index is 12.8. The lowest BCUT2D eigenvalue weighted by molar-refractivity contribution is 0.0916. The van der Waals surface area contributed by atoms with Crippen LogP contribution in [0.2, 0.25) is 0 Å². The van der Waals surface area contributed by atoms with Crippen LogP contribution in [-0.4, -0.2) is 68.3 Å². The van der Waals surface area contributed by atoms with Crippen molar-refractivity contribution in [2.24, 2.45) is 0 Å². The van der Waals surface area contributed by atoms with Crippen molar-refractivity contribution in [2.45, 2.75) is 0 Å². The summed E-state index contributed by atoms with van der Waals surface area (Å²) in [4.78, 5) is 26.9. The average molecular weight is 324 g/mol. The van der Waals surface area contributed by atoms with Crippen LogP contribution < -0.4 is 10.6 Å². The Labute approximate surface area is 134 Å². The molecule has 1 fully saturated rings. The number of amides is 3. The van der Waals surface area contributed by atoms with Gasteiger partial charge >= 0.3 is 12.1 Å². The van der Waals surface area contributed by atoms with Gasteiger partial charge < -0.3 is 20.3 Å². The molecule has 1 saturated heterocycles. The fourth-order valence-electron chi connectivity index (χ4n) is 2.32. The molecule has 2 N–H and O–H groups in total. The third-order valence-electron chi connectivity index (χ3n) is 3.62. The van der Waals surface area contributed by atoms with Crippen LogP contribution in [-0.2, 0) is 4.74 Å². The molecule has 1 aromatic carbocycles. The van der Waals surface area contributed by atoms with Crippen LogP contribution in [0, 0.1) is 5.82 Å². The standard InChI is InChI=1S/C15H21FN4O3/c1-23-15(22)20-10-8-19(9-11-20)7-6-17-14(21)18-13-4-2-12(16)3-5-13/h2-5H,6-11H2,1H3,(H2,17,18,21). The highest BCUT2D eigenvalue weighted by molar-refractivity contribution is 5.89. The SMILES string of the molecule is COC(=O)N1CCN(CCNC(=O)Nc2ccc(F)cc2)CC1. The van der Waals surface area contributed by atoms with E-state index >= 15 is 0 Å². The van der Waals surface area contributed by atoms with Gasteiger partial charge in [-0.05, 0) is 24.3 Å². The van der Waals surface area contributed by atoms with E-state index < -0.39 is 0 Å². The molecule has 2 rings (SSSR count). The quantitative estimate of drug-likeness (QED) is 0.876. The van der Waals surface area contributed by atoms with Crippen LogP contribution >= 0.6 is 0 Å². The number of halogens is 1. The summed E-state index contributed by atoms with van der Waals surface area (Å²) in [5.74, 6) is -0.345. The Morgan fingerprint density at radius 2 is 1.83 bits per heavy atom. The second-order valence-electron chi connectivity index (χ2n) is 5.19. The highest BCUT2D eigenvalue weighted by Gasteiger charge is 2.20. The van der Waals surface area contributed by atoms with Crippen LogP contribution in [0.25, 0.3) is 0 Å². The molecule has 8 heteroatoms. The third kappa shape index (κ3) is 5.41. The highest BCUT2D eigenvalue weighted by Crippen LogP contribution is 2.07. The molecule has 1 heterocycles. The smallest absolute Gasteiger partial charge is 0.409 e. The molecular weight excluding hydrogens is 303 g/mol. The van der Waals surface area contributed by atoms with Crippen LogP contribution in [0.15, 0.2) is 24.3 Å². The fraction of sp³-hybridized carbons (Fsp3) is 0.467. The maximum absolute atomic E-state index is 12.8. The normalized spacial score (nSPS) is 15.1. The molecule has 0 aliphatic carbocycles. The largest absolute Gasteiger partial charge is 0.453 e. The Morgan fingerprint density at radius 3 is 2.43 bits per heavy atom. The Bertz CT molecular complexity index is 530. The van der Waals surface area contributed by atoms with Gasteiger partial charge in [-0.1, -0.05) is 0 Å². The van der Waals surface area contributed by atoms with Gasteiger partial charge in [0.1, 0.15) is 5.82 Å². The van der Waals surface area contributed by atoms with Gasteiger partial charge in [0.15, 0.2) is 0 Å². The van der Waals surface area contributed by atoms with Crippen LogP contribution in [0.3, 0.4) is 0 Å². The number of carbonyl (C=O) groups is 2. The number of rotatable bonds is 4. The Balaban J connectivity index is 1.63. The van der Waals surface area contributed by atoms with E-state index in [-0.39, 0.29) is 17.9 Å². The lowest BCUT2D eigenvalue weighted by atomic mass is 10.3. The van der Waals surface area contributed by atoms with Gasteiger partial charge in [-0.25, -0.2) is 14.0 Å². The van der Waals surface area contributed by atoms with Crippen molar-refractivity contribution < 1.29 is 18.7 Å². The second kappa shape index (κ2) is 8.33. The molecule has 1 aromatic rings. The molecule has 0 saturated carbocycles. The monoisotopic (exact) mass is 324 g/mol. The lowest BCUT2D eigenvalue weighted by Crippen LogP contribution is -2.50. The molecule has 1 aliphatic heterocycles. The Kier molecular flexibility index (Phi) is 6.16. The lowest BCUT2D eigenvalue weighted by Gasteiger charge is -2.33. The Hall–Kier alpha value is -2.35. The van der Waals surface area contributed by atoms with Gasteiger partial charge in [0.25, 0.3) is 0 Å². The van der Waals surface area contributed by atoms with E-state index in [1.165, 1.54) is 31.4 Å². The number of carbonyl (C=O) groups excluding carboxylic acids is 2. The number of piperazine rings is 1. The van der Waals surface area contributed by atoms with Gasteiger partial charge in [0, 0.05) is 45.0 Å². The van der Waals surface area contributed by atoms with Crippen molar-refractivity contribution in [1.29, 1.82) is 0 Å². The molecule has 3 amide bonds. The summed E-state index contributed by atoms with van der Waals surface area (Å²) in [6, 6.07) is 5.25. The van der Waals surface area contributed by atoms with Crippen molar-refractivity contribution in [3.63, 3.8) is 0 Å². The predicted octanol–water partition coefficient (Wildman–Crippen LogP) is 1.33. The van der Waals surface area contributed by atoms with Gasteiger partial charge in [0.2, 0.25) is 0 Å². The second-order valence-corrected chi connectivity index (χ2v) is 5.19. The highest BCUT2D eigenvalue weighted by atomic mass is 19.1. The first-order valence-electron chi connectivity index (χ1n) is 7.44. The number of ether oxygens (including phenoxy) is 1. The minimum Gasteiger partial charge on any atom is -0.453 e. The molecule has 0 unspecified atom stereocenters. The first-order chi connectivity index (χ1) is 11.1. The first-order valence-corrected chi connectivity index (χ1v) is 7.44. The summed E-state index contributed by atoms with van der Waals surface area (Å²) in [5, 5.41) is 5.38. The van der Waals surface area contributed by atoms with Gasteiger partial charge in [0.05, 0.1) is 7.11 Å². The zero-order valence-corrected chi connectivity index (χ0v) is 13.0. The summed E-state index contributed by atoms with van der Waals surface area (Å²) >= 11 is 0. The zero-order valence-electron chi connectivity index (χ0n) is 13.0. The van der Waals surface area contributed by atoms with Crippen LogP contribution in [0.1, 0.15) is 0 Å². The number of urea groups is 1. The molecule has 1 aliphatic rings. The molecule has 7 nitrogen and oxygen atoms in total. The summed E-state index contributed by atoms with van der Waals surface area (Å²) in [5.41, 5.74) is 0.538. The molecule has 0 bridgehead atoms. The van der Waals surface area contributed by atoms with E-state index in [2.05, 4.69) is 20.3 Å². The topological polar surface area (TPSA) is 73.9 Å². The van der Waals surface area contributed by atoms with E-state index in [0.29, 0.717) is 31.9 Å². The molecular formula is C15H21FN4O3. The predicted molar refractivity (Wildman–Crippen MR) is 83.8 cm³/mol. The number of anilines is 1. The zero-order chi connectivity index (χ0) is 16.7. The molecule has 0 atom stereocenters. The van der Waals surface area contributed by atoms with Crippen molar-refractivity contribution in [3.05, 3.63) is 30.1 Å². The maximum Gasteiger partial charge on any atom is 0.409 e. The Morgan fingerprint density at radius 1 is 1.17 bits per heavy atom. The number of benzene rings is 1. The molecule has 0 spiro atoms. The van der Waals surface area contributed by atoms with Crippen molar-refractivity contribution in [2.75, 3.05) is 51.7 Å². The van der Waals surface area contributed by atoms with Crippen molar-refractivity contribution in [3.8, 4) is 0 Å². The molecule has 126 valence electrons. The summed E-state index contributed by atoms with van der Waals surface area (Å²) in [6.45, 7) is 3.92. The van der Waals surface area contributed by atoms with Crippen LogP contribution in [0.4, 0.5) is 19.7 Å². The van der Waals surface area contributed by atoms with Crippen molar-refractivity contribution >= 4 is 17.8 Å².